The summed E-state index contributed by atoms with van der Waals surface area (Å²) in [7, 11) is 2.56. The molecule has 0 N–H and O–H groups in total. The summed E-state index contributed by atoms with van der Waals surface area (Å²) in [6.45, 7) is 6.00. The first kappa shape index (κ1) is 8.87. The molecule has 0 unspecified atom stereocenters. The molecule has 0 amide bonds. The Morgan fingerprint density at radius 3 is 1.60 bits per heavy atom. The van der Waals surface area contributed by atoms with Crippen LogP contribution in [0.3, 0.4) is 0 Å². The first-order valence-corrected chi connectivity index (χ1v) is 2.13. The molecule has 5 heavy (non-hydrogen) atoms. The molecule has 0 bridgehead atoms. The standard InChI is InChI=1S/C2H4.CH6OSi/c1-2;1-2-3/h1-2H2;1,3H3. The van der Waals surface area contributed by atoms with Crippen molar-refractivity contribution in [3.8, 4) is 0 Å². The van der Waals surface area contributed by atoms with E-state index in [0.717, 1.165) is 10.5 Å². The van der Waals surface area contributed by atoms with Gasteiger partial charge in [-0.05, 0) is 0 Å². The van der Waals surface area contributed by atoms with Crippen molar-refractivity contribution >= 4 is 10.5 Å². The van der Waals surface area contributed by atoms with Gasteiger partial charge in [0.25, 0.3) is 0 Å². The fourth-order valence-electron chi connectivity index (χ4n) is 0. The molecule has 0 aliphatic heterocycles. The summed E-state index contributed by atoms with van der Waals surface area (Å²) in [5.41, 5.74) is 0. The first-order chi connectivity index (χ1) is 2.41. The lowest BCUT2D eigenvalue weighted by atomic mass is 11.3. The molecule has 0 aliphatic carbocycles. The van der Waals surface area contributed by atoms with Crippen molar-refractivity contribution in [1.29, 1.82) is 0 Å². The summed E-state index contributed by atoms with van der Waals surface area (Å²) in [6.07, 6.45) is 0. The van der Waals surface area contributed by atoms with Crippen molar-refractivity contribution in [3.05, 3.63) is 13.2 Å². The van der Waals surface area contributed by atoms with Gasteiger partial charge in [-0.3, -0.25) is 0 Å². The van der Waals surface area contributed by atoms with Crippen LogP contribution in [0.2, 0.25) is 0 Å². The quantitative estimate of drug-likeness (QED) is 0.293. The summed E-state index contributed by atoms with van der Waals surface area (Å²) in [6, 6.07) is 0. The zero-order valence-corrected chi connectivity index (χ0v) is 5.82. The summed E-state index contributed by atoms with van der Waals surface area (Å²) in [5.74, 6) is 0. The van der Waals surface area contributed by atoms with Gasteiger partial charge in [-0.1, -0.05) is 0 Å². The SMILES string of the molecule is C=C.CO[SiH3]. The molecule has 32 valence electrons. The van der Waals surface area contributed by atoms with Gasteiger partial charge in [0, 0.05) is 7.11 Å². The second kappa shape index (κ2) is 39.6. The minimum atomic E-state index is 0.869. The van der Waals surface area contributed by atoms with E-state index >= 15 is 0 Å². The zero-order chi connectivity index (χ0) is 4.71. The van der Waals surface area contributed by atoms with Gasteiger partial charge >= 0.3 is 0 Å². The van der Waals surface area contributed by atoms with Gasteiger partial charge in [0.2, 0.25) is 0 Å². The maximum atomic E-state index is 4.39. The molecular formula is C3H10OSi. The average Bonchev–Trinajstić information content (AvgIpc) is 1.46. The average molecular weight is 90.2 g/mol. The van der Waals surface area contributed by atoms with Crippen LogP contribution < -0.4 is 0 Å². The van der Waals surface area contributed by atoms with Crippen LogP contribution >= 0.6 is 0 Å². The maximum Gasteiger partial charge on any atom is 0.145 e. The molecule has 0 fully saturated rings. The number of hydrogen-bond donors (Lipinski definition) is 0. The number of rotatable bonds is 0. The normalized spacial score (nSPS) is 5.00. The lowest BCUT2D eigenvalue weighted by Gasteiger charge is -1.61. The van der Waals surface area contributed by atoms with Crippen molar-refractivity contribution < 1.29 is 4.43 Å². The third-order valence-corrected chi connectivity index (χ3v) is 0. The van der Waals surface area contributed by atoms with Crippen LogP contribution in [-0.4, -0.2) is 17.6 Å². The topological polar surface area (TPSA) is 9.23 Å². The third-order valence-electron chi connectivity index (χ3n) is 0. The second-order valence-electron chi connectivity index (χ2n) is 0.408. The van der Waals surface area contributed by atoms with E-state index < -0.39 is 0 Å². The summed E-state index contributed by atoms with van der Waals surface area (Å²) >= 11 is 0. The third kappa shape index (κ3) is 2080. The van der Waals surface area contributed by atoms with E-state index in [4.69, 9.17) is 0 Å². The van der Waals surface area contributed by atoms with Gasteiger partial charge in [-0.2, -0.15) is 0 Å². The summed E-state index contributed by atoms with van der Waals surface area (Å²) < 4.78 is 4.39. The Morgan fingerprint density at radius 2 is 1.60 bits per heavy atom. The maximum absolute atomic E-state index is 4.39. The molecule has 0 radical (unpaired) electrons. The Morgan fingerprint density at radius 1 is 1.60 bits per heavy atom. The molecule has 2 heteroatoms. The van der Waals surface area contributed by atoms with Crippen molar-refractivity contribution in [3.63, 3.8) is 0 Å². The highest BCUT2D eigenvalue weighted by molar-refractivity contribution is 5.97. The molecule has 0 saturated heterocycles. The molecule has 0 aliphatic rings. The Balaban J connectivity index is 0. The van der Waals surface area contributed by atoms with E-state index in [1.54, 1.807) is 7.11 Å². The van der Waals surface area contributed by atoms with Gasteiger partial charge in [-0.25, -0.2) is 0 Å². The Hall–Kier alpha value is -0.0831. The molecule has 0 rings (SSSR count). The molecule has 1 nitrogen and oxygen atoms in total. The van der Waals surface area contributed by atoms with Crippen LogP contribution in [0.15, 0.2) is 13.2 Å². The van der Waals surface area contributed by atoms with Crippen LogP contribution in [0.25, 0.3) is 0 Å². The largest absolute Gasteiger partial charge is 0.431 e. The zero-order valence-electron chi connectivity index (χ0n) is 3.82. The summed E-state index contributed by atoms with van der Waals surface area (Å²) in [5, 5.41) is 0. The highest BCUT2D eigenvalue weighted by Gasteiger charge is 1.27. The fraction of sp³-hybridized carbons (Fsp3) is 0.333. The Bertz CT molecular complexity index is 10.9. The lowest BCUT2D eigenvalue weighted by Crippen LogP contribution is -1.60. The van der Waals surface area contributed by atoms with Crippen LogP contribution in [-0.2, 0) is 4.43 Å². The van der Waals surface area contributed by atoms with E-state index in [1.165, 1.54) is 0 Å². The van der Waals surface area contributed by atoms with Crippen LogP contribution in [0.4, 0.5) is 0 Å². The molecule has 0 aromatic heterocycles. The minimum Gasteiger partial charge on any atom is -0.431 e. The van der Waals surface area contributed by atoms with E-state index in [0.29, 0.717) is 0 Å². The smallest absolute Gasteiger partial charge is 0.145 e. The number of hydrogen-bond acceptors (Lipinski definition) is 1. The van der Waals surface area contributed by atoms with Gasteiger partial charge in [0.1, 0.15) is 10.5 Å². The monoisotopic (exact) mass is 90.1 g/mol. The van der Waals surface area contributed by atoms with Crippen LogP contribution in [0.5, 0.6) is 0 Å². The van der Waals surface area contributed by atoms with E-state index in [-0.39, 0.29) is 0 Å². The van der Waals surface area contributed by atoms with Crippen LogP contribution in [0.1, 0.15) is 0 Å². The summed E-state index contributed by atoms with van der Waals surface area (Å²) in [4.78, 5) is 0. The molecular weight excluding hydrogens is 80.1 g/mol. The van der Waals surface area contributed by atoms with E-state index in [2.05, 4.69) is 17.6 Å². The highest BCUT2D eigenvalue weighted by atomic mass is 28.2. The predicted octanol–water partition coefficient (Wildman–Crippen LogP) is -0.285. The van der Waals surface area contributed by atoms with Crippen molar-refractivity contribution in [2.75, 3.05) is 7.11 Å². The fourth-order valence-corrected chi connectivity index (χ4v) is 0. The minimum absolute atomic E-state index is 0.869. The Labute approximate surface area is 36.2 Å². The van der Waals surface area contributed by atoms with Gasteiger partial charge in [0.15, 0.2) is 0 Å². The van der Waals surface area contributed by atoms with E-state index in [9.17, 15) is 0 Å². The molecule has 0 spiro atoms. The first-order valence-electron chi connectivity index (χ1n) is 1.32. The van der Waals surface area contributed by atoms with Crippen molar-refractivity contribution in [1.82, 2.24) is 0 Å². The molecule has 0 heterocycles. The van der Waals surface area contributed by atoms with Gasteiger partial charge in [-0.15, -0.1) is 13.2 Å². The highest BCUT2D eigenvalue weighted by Crippen LogP contribution is 1.24. The van der Waals surface area contributed by atoms with Crippen molar-refractivity contribution in [2.24, 2.45) is 0 Å². The van der Waals surface area contributed by atoms with E-state index in [1.807, 2.05) is 0 Å². The second-order valence-corrected chi connectivity index (χ2v) is 1.22. The Kier molecular flexibility index (Phi) is 70.3. The van der Waals surface area contributed by atoms with Gasteiger partial charge < -0.3 is 4.43 Å². The predicted molar refractivity (Wildman–Crippen MR) is 28.2 cm³/mol. The van der Waals surface area contributed by atoms with Crippen LogP contribution in [0, 0.1) is 0 Å². The molecule has 0 saturated carbocycles. The van der Waals surface area contributed by atoms with Crippen molar-refractivity contribution in [2.45, 2.75) is 0 Å². The molecule has 0 aromatic carbocycles. The van der Waals surface area contributed by atoms with Gasteiger partial charge in [0.05, 0.1) is 0 Å². The molecule has 0 atom stereocenters. The lowest BCUT2D eigenvalue weighted by molar-refractivity contribution is 0.460. The molecule has 0 aromatic rings.